The summed E-state index contributed by atoms with van der Waals surface area (Å²) >= 11 is 1.40. The van der Waals surface area contributed by atoms with Gasteiger partial charge in [0.05, 0.1) is 4.92 Å². The third-order valence-electron chi connectivity index (χ3n) is 1.56. The van der Waals surface area contributed by atoms with E-state index in [9.17, 15) is 28.1 Å². The van der Waals surface area contributed by atoms with Crippen LogP contribution in [0.5, 0.6) is 5.88 Å². The van der Waals surface area contributed by atoms with Gasteiger partial charge >= 0.3 is 12.3 Å². The number of rotatable bonds is 3. The van der Waals surface area contributed by atoms with Gasteiger partial charge in [0.15, 0.2) is 5.56 Å². The Morgan fingerprint density at radius 3 is 2.50 bits per heavy atom. The van der Waals surface area contributed by atoms with Crippen molar-refractivity contribution < 1.29 is 32.7 Å². The van der Waals surface area contributed by atoms with Crippen LogP contribution in [0.4, 0.5) is 18.9 Å². The molecule has 0 radical (unpaired) electrons. The van der Waals surface area contributed by atoms with E-state index in [1.54, 1.807) is 0 Å². The predicted octanol–water partition coefficient (Wildman–Crippen LogP) is 2.19. The molecule has 1 rings (SSSR count). The number of halogens is 4. The molecule has 7 nitrogen and oxygen atoms in total. The Bertz CT molecular complexity index is 519. The lowest BCUT2D eigenvalue weighted by atomic mass is 10.2. The number of nitrogens with zero attached hydrogens (tertiary/aromatic N) is 2. The van der Waals surface area contributed by atoms with Crippen LogP contribution in [0.3, 0.4) is 0 Å². The van der Waals surface area contributed by atoms with Gasteiger partial charge in [-0.05, 0) is 22.6 Å². The standard InChI is InChI=1S/C7H2F3IN2O5/c8-7(9,10)18-5-4(6(14)15)2(13(16)17)1-3(11)12-5/h1H,(H,14,15). The molecule has 0 unspecified atom stereocenters. The van der Waals surface area contributed by atoms with Crippen molar-refractivity contribution in [3.63, 3.8) is 0 Å². The van der Waals surface area contributed by atoms with E-state index in [1.807, 2.05) is 0 Å². The number of alkyl halides is 3. The molecule has 0 saturated heterocycles. The van der Waals surface area contributed by atoms with E-state index in [0.29, 0.717) is 0 Å². The van der Waals surface area contributed by atoms with E-state index in [4.69, 9.17) is 5.11 Å². The lowest BCUT2D eigenvalue weighted by molar-refractivity contribution is -0.385. The second kappa shape index (κ2) is 4.91. The van der Waals surface area contributed by atoms with Gasteiger partial charge in [0.2, 0.25) is 5.88 Å². The first-order chi connectivity index (χ1) is 8.11. The molecule has 11 heteroatoms. The summed E-state index contributed by atoms with van der Waals surface area (Å²) in [6.07, 6.45) is -5.20. The third kappa shape index (κ3) is 3.41. The second-order valence-corrected chi connectivity index (χ2v) is 3.86. The lowest BCUT2D eigenvalue weighted by Crippen LogP contribution is -2.21. The van der Waals surface area contributed by atoms with E-state index in [-0.39, 0.29) is 3.70 Å². The van der Waals surface area contributed by atoms with Crippen molar-refractivity contribution in [1.29, 1.82) is 0 Å². The average Bonchev–Trinajstić information content (AvgIpc) is 2.12. The normalized spacial score (nSPS) is 11.1. The summed E-state index contributed by atoms with van der Waals surface area (Å²) in [6.45, 7) is 0. The Morgan fingerprint density at radius 2 is 2.11 bits per heavy atom. The van der Waals surface area contributed by atoms with Crippen LogP contribution in [0.15, 0.2) is 6.07 Å². The molecule has 18 heavy (non-hydrogen) atoms. The number of pyridine rings is 1. The summed E-state index contributed by atoms with van der Waals surface area (Å²) in [5, 5.41) is 19.3. The van der Waals surface area contributed by atoms with E-state index in [2.05, 4.69) is 9.72 Å². The van der Waals surface area contributed by atoms with Crippen LogP contribution in [-0.2, 0) is 0 Å². The summed E-state index contributed by atoms with van der Waals surface area (Å²) in [5.41, 5.74) is -2.28. The van der Waals surface area contributed by atoms with Gasteiger partial charge in [-0.1, -0.05) is 0 Å². The number of aromatic carboxylic acids is 1. The number of aromatic nitrogens is 1. The predicted molar refractivity (Wildman–Crippen MR) is 57.3 cm³/mol. The molecule has 0 aliphatic heterocycles. The Hall–Kier alpha value is -1.66. The van der Waals surface area contributed by atoms with Crippen molar-refractivity contribution in [2.45, 2.75) is 6.36 Å². The Morgan fingerprint density at radius 1 is 1.56 bits per heavy atom. The molecule has 0 saturated carbocycles. The summed E-state index contributed by atoms with van der Waals surface area (Å²) in [6, 6.07) is 0.729. The van der Waals surface area contributed by atoms with Crippen LogP contribution in [0.1, 0.15) is 10.4 Å². The van der Waals surface area contributed by atoms with Gasteiger partial charge in [0.25, 0.3) is 5.69 Å². The molecule has 1 aromatic rings. The van der Waals surface area contributed by atoms with E-state index in [1.165, 1.54) is 22.6 Å². The maximum Gasteiger partial charge on any atom is 0.574 e. The highest BCUT2D eigenvalue weighted by molar-refractivity contribution is 14.1. The molecule has 0 aromatic carbocycles. The average molecular weight is 378 g/mol. The number of hydrogen-bond donors (Lipinski definition) is 1. The molecule has 0 fully saturated rings. The molecule has 1 heterocycles. The molecule has 0 aliphatic carbocycles. The molecule has 0 bridgehead atoms. The minimum atomic E-state index is -5.20. The SMILES string of the molecule is O=C(O)c1c([N+](=O)[O-])cc(I)nc1OC(F)(F)F. The summed E-state index contributed by atoms with van der Waals surface area (Å²) < 4.78 is 39.2. The van der Waals surface area contributed by atoms with E-state index >= 15 is 0 Å². The fourth-order valence-electron chi connectivity index (χ4n) is 1.01. The van der Waals surface area contributed by atoms with Crippen LogP contribution in [-0.4, -0.2) is 27.3 Å². The third-order valence-corrected chi connectivity index (χ3v) is 2.11. The zero-order chi connectivity index (χ0) is 14.1. The molecule has 1 aromatic heterocycles. The second-order valence-electron chi connectivity index (χ2n) is 2.75. The van der Waals surface area contributed by atoms with E-state index < -0.39 is 34.4 Å². The zero-order valence-electron chi connectivity index (χ0n) is 8.06. The summed E-state index contributed by atoms with van der Waals surface area (Å²) in [5.74, 6) is -3.31. The minimum Gasteiger partial charge on any atom is -0.477 e. The molecule has 1 N–H and O–H groups in total. The Balaban J connectivity index is 3.49. The van der Waals surface area contributed by atoms with Crippen LogP contribution >= 0.6 is 22.6 Å². The first-order valence-electron chi connectivity index (χ1n) is 3.96. The minimum absolute atomic E-state index is 0.205. The van der Waals surface area contributed by atoms with Crippen molar-refractivity contribution in [3.8, 4) is 5.88 Å². The highest BCUT2D eigenvalue weighted by Gasteiger charge is 2.37. The van der Waals surface area contributed by atoms with Gasteiger partial charge in [0.1, 0.15) is 3.70 Å². The first kappa shape index (κ1) is 14.4. The number of ether oxygens (including phenoxy) is 1. The first-order valence-corrected chi connectivity index (χ1v) is 5.03. The molecule has 98 valence electrons. The fraction of sp³-hybridized carbons (Fsp3) is 0.143. The van der Waals surface area contributed by atoms with Gasteiger partial charge in [-0.25, -0.2) is 9.78 Å². The fourth-order valence-corrected chi connectivity index (χ4v) is 1.52. The largest absolute Gasteiger partial charge is 0.574 e. The molecular weight excluding hydrogens is 376 g/mol. The topological polar surface area (TPSA) is 103 Å². The molecule has 0 amide bonds. The maximum atomic E-state index is 12.0. The van der Waals surface area contributed by atoms with Crippen LogP contribution in [0, 0.1) is 13.8 Å². The Kier molecular flexibility index (Phi) is 3.93. The molecule has 0 spiro atoms. The number of nitro groups is 1. The molecule has 0 aliphatic rings. The van der Waals surface area contributed by atoms with Crippen LogP contribution < -0.4 is 4.74 Å². The Labute approximate surface area is 110 Å². The highest BCUT2D eigenvalue weighted by atomic mass is 127. The van der Waals surface area contributed by atoms with Crippen LogP contribution in [0.2, 0.25) is 0 Å². The van der Waals surface area contributed by atoms with Gasteiger partial charge < -0.3 is 9.84 Å². The smallest absolute Gasteiger partial charge is 0.477 e. The molecular formula is C7H2F3IN2O5. The summed E-state index contributed by atoms with van der Waals surface area (Å²) in [7, 11) is 0. The van der Waals surface area contributed by atoms with Crippen molar-refractivity contribution in [2.75, 3.05) is 0 Å². The zero-order valence-corrected chi connectivity index (χ0v) is 10.2. The number of hydrogen-bond acceptors (Lipinski definition) is 5. The van der Waals surface area contributed by atoms with Gasteiger partial charge in [-0.15, -0.1) is 13.2 Å². The van der Waals surface area contributed by atoms with Gasteiger partial charge in [-0.2, -0.15) is 0 Å². The van der Waals surface area contributed by atoms with Gasteiger partial charge in [0, 0.05) is 6.07 Å². The van der Waals surface area contributed by atoms with Crippen LogP contribution in [0.25, 0.3) is 0 Å². The monoisotopic (exact) mass is 378 g/mol. The maximum absolute atomic E-state index is 12.0. The van der Waals surface area contributed by atoms with Gasteiger partial charge in [-0.3, -0.25) is 10.1 Å². The van der Waals surface area contributed by atoms with Crippen molar-refractivity contribution in [2.24, 2.45) is 0 Å². The quantitative estimate of drug-likeness (QED) is 0.375. The van der Waals surface area contributed by atoms with Crippen molar-refractivity contribution >= 4 is 34.2 Å². The molecule has 0 atom stereocenters. The van der Waals surface area contributed by atoms with Crippen molar-refractivity contribution in [3.05, 3.63) is 25.4 Å². The van der Waals surface area contributed by atoms with E-state index in [0.717, 1.165) is 6.07 Å². The highest BCUT2D eigenvalue weighted by Crippen LogP contribution is 2.31. The van der Waals surface area contributed by atoms with Crippen molar-refractivity contribution in [1.82, 2.24) is 4.98 Å². The summed E-state index contributed by atoms with van der Waals surface area (Å²) in [4.78, 5) is 23.4. The number of carboxylic acids is 1. The number of carboxylic acid groups (broad SMARTS) is 1. The lowest BCUT2D eigenvalue weighted by Gasteiger charge is -2.10. The number of carbonyl (C=O) groups is 1.